The molecular weight excluding hydrogens is 250 g/mol. The van der Waals surface area contributed by atoms with Crippen LogP contribution in [0.25, 0.3) is 0 Å². The standard InChI is InChI=1S/C12H23N3O4/c1-4-9(11(17)18)15-12(19)13-6-5-10(16)14-7-8(2)3/h8-9H,4-7H2,1-3H3,(H,14,16)(H,17,18)(H2,13,15,19)/t9-/m0/s1. The Morgan fingerprint density at radius 3 is 2.26 bits per heavy atom. The number of hydrogen-bond donors (Lipinski definition) is 4. The third kappa shape index (κ3) is 8.87. The van der Waals surface area contributed by atoms with Crippen LogP contribution in [0.5, 0.6) is 0 Å². The predicted octanol–water partition coefficient (Wildman–Crippen LogP) is 0.311. The van der Waals surface area contributed by atoms with E-state index < -0.39 is 18.0 Å². The molecule has 0 aromatic heterocycles. The molecule has 0 aromatic carbocycles. The first-order chi connectivity index (χ1) is 8.86. The number of rotatable bonds is 8. The predicted molar refractivity (Wildman–Crippen MR) is 70.7 cm³/mol. The summed E-state index contributed by atoms with van der Waals surface area (Å²) in [7, 11) is 0. The van der Waals surface area contributed by atoms with Crippen LogP contribution in [0.15, 0.2) is 0 Å². The van der Waals surface area contributed by atoms with Crippen molar-refractivity contribution in [2.45, 2.75) is 39.7 Å². The van der Waals surface area contributed by atoms with E-state index in [0.717, 1.165) is 0 Å². The van der Waals surface area contributed by atoms with E-state index in [4.69, 9.17) is 5.11 Å². The van der Waals surface area contributed by atoms with Crippen molar-refractivity contribution in [3.8, 4) is 0 Å². The summed E-state index contributed by atoms with van der Waals surface area (Å²) in [5, 5.41) is 16.2. The molecule has 7 heteroatoms. The number of carboxylic acids is 1. The van der Waals surface area contributed by atoms with Crippen molar-refractivity contribution < 1.29 is 19.5 Å². The van der Waals surface area contributed by atoms with Crippen LogP contribution >= 0.6 is 0 Å². The lowest BCUT2D eigenvalue weighted by Gasteiger charge is -2.13. The van der Waals surface area contributed by atoms with Crippen molar-refractivity contribution in [1.29, 1.82) is 0 Å². The molecule has 0 unspecified atom stereocenters. The molecule has 0 saturated heterocycles. The summed E-state index contributed by atoms with van der Waals surface area (Å²) < 4.78 is 0. The molecular formula is C12H23N3O4. The number of hydrogen-bond acceptors (Lipinski definition) is 3. The van der Waals surface area contributed by atoms with Gasteiger partial charge < -0.3 is 21.1 Å². The van der Waals surface area contributed by atoms with Crippen LogP contribution in [-0.4, -0.2) is 42.1 Å². The van der Waals surface area contributed by atoms with E-state index in [-0.39, 0.29) is 18.9 Å². The van der Waals surface area contributed by atoms with Crippen LogP contribution in [-0.2, 0) is 9.59 Å². The molecule has 0 rings (SSSR count). The second kappa shape index (κ2) is 9.18. The van der Waals surface area contributed by atoms with Crippen LogP contribution in [0.1, 0.15) is 33.6 Å². The minimum Gasteiger partial charge on any atom is -0.480 e. The summed E-state index contributed by atoms with van der Waals surface area (Å²) in [6, 6.07) is -1.49. The van der Waals surface area contributed by atoms with Gasteiger partial charge in [-0.2, -0.15) is 0 Å². The molecule has 7 nitrogen and oxygen atoms in total. The molecule has 0 aliphatic heterocycles. The summed E-state index contributed by atoms with van der Waals surface area (Å²) in [4.78, 5) is 33.4. The fourth-order valence-electron chi connectivity index (χ4n) is 1.24. The maximum absolute atomic E-state index is 11.3. The Morgan fingerprint density at radius 1 is 1.16 bits per heavy atom. The zero-order valence-corrected chi connectivity index (χ0v) is 11.7. The summed E-state index contributed by atoms with van der Waals surface area (Å²) in [6.07, 6.45) is 0.474. The number of carbonyl (C=O) groups is 3. The van der Waals surface area contributed by atoms with Crippen LogP contribution in [0.3, 0.4) is 0 Å². The molecule has 0 spiro atoms. The van der Waals surface area contributed by atoms with Gasteiger partial charge in [0.05, 0.1) is 0 Å². The summed E-state index contributed by atoms with van der Waals surface area (Å²) in [5.41, 5.74) is 0. The molecule has 0 bridgehead atoms. The normalized spacial score (nSPS) is 11.8. The number of aliphatic carboxylic acids is 1. The molecule has 0 aromatic rings. The Balaban J connectivity index is 3.79. The number of amides is 3. The summed E-state index contributed by atoms with van der Waals surface area (Å²) >= 11 is 0. The second-order valence-corrected chi connectivity index (χ2v) is 4.65. The second-order valence-electron chi connectivity index (χ2n) is 4.65. The van der Waals surface area contributed by atoms with E-state index in [2.05, 4.69) is 16.0 Å². The average molecular weight is 273 g/mol. The number of nitrogens with one attached hydrogen (secondary N) is 3. The van der Waals surface area contributed by atoms with E-state index in [9.17, 15) is 14.4 Å². The third-order valence-corrected chi connectivity index (χ3v) is 2.36. The molecule has 110 valence electrons. The van der Waals surface area contributed by atoms with E-state index in [1.807, 2.05) is 13.8 Å². The number of carboxylic acid groups (broad SMARTS) is 1. The van der Waals surface area contributed by atoms with E-state index in [1.54, 1.807) is 6.92 Å². The minimum absolute atomic E-state index is 0.140. The third-order valence-electron chi connectivity index (χ3n) is 2.36. The first kappa shape index (κ1) is 17.2. The minimum atomic E-state index is -1.08. The Morgan fingerprint density at radius 2 is 1.79 bits per heavy atom. The lowest BCUT2D eigenvalue weighted by molar-refractivity contribution is -0.139. The van der Waals surface area contributed by atoms with Gasteiger partial charge in [0, 0.05) is 19.5 Å². The molecule has 19 heavy (non-hydrogen) atoms. The van der Waals surface area contributed by atoms with Crippen LogP contribution in [0, 0.1) is 5.92 Å². The van der Waals surface area contributed by atoms with Crippen molar-refractivity contribution in [1.82, 2.24) is 16.0 Å². The van der Waals surface area contributed by atoms with Gasteiger partial charge in [-0.3, -0.25) is 4.79 Å². The van der Waals surface area contributed by atoms with Crippen molar-refractivity contribution in [3.05, 3.63) is 0 Å². The van der Waals surface area contributed by atoms with Gasteiger partial charge >= 0.3 is 12.0 Å². The van der Waals surface area contributed by atoms with E-state index in [1.165, 1.54) is 0 Å². The van der Waals surface area contributed by atoms with Gasteiger partial charge in [-0.1, -0.05) is 20.8 Å². The maximum atomic E-state index is 11.3. The number of urea groups is 1. The quantitative estimate of drug-likeness (QED) is 0.510. The van der Waals surface area contributed by atoms with Gasteiger partial charge in [-0.05, 0) is 12.3 Å². The first-order valence-electron chi connectivity index (χ1n) is 6.40. The van der Waals surface area contributed by atoms with Gasteiger partial charge in [0.1, 0.15) is 6.04 Å². The topological polar surface area (TPSA) is 108 Å². The van der Waals surface area contributed by atoms with Crippen molar-refractivity contribution >= 4 is 17.9 Å². The highest BCUT2D eigenvalue weighted by atomic mass is 16.4. The molecule has 0 heterocycles. The lowest BCUT2D eigenvalue weighted by Crippen LogP contribution is -2.46. The highest BCUT2D eigenvalue weighted by Crippen LogP contribution is 1.91. The monoisotopic (exact) mass is 273 g/mol. The zero-order chi connectivity index (χ0) is 14.8. The fourth-order valence-corrected chi connectivity index (χ4v) is 1.24. The first-order valence-corrected chi connectivity index (χ1v) is 6.40. The Hall–Kier alpha value is -1.79. The SMILES string of the molecule is CC[C@H](NC(=O)NCCC(=O)NCC(C)C)C(=O)O. The molecule has 0 aliphatic rings. The van der Waals surface area contributed by atoms with Crippen molar-refractivity contribution in [2.24, 2.45) is 5.92 Å². The van der Waals surface area contributed by atoms with E-state index in [0.29, 0.717) is 18.9 Å². The molecule has 4 N–H and O–H groups in total. The highest BCUT2D eigenvalue weighted by Gasteiger charge is 2.17. The Labute approximate surface area is 113 Å². The molecule has 0 fully saturated rings. The maximum Gasteiger partial charge on any atom is 0.326 e. The Bertz CT molecular complexity index is 318. The molecule has 3 amide bonds. The number of carbonyl (C=O) groups excluding carboxylic acids is 2. The Kier molecular flexibility index (Phi) is 8.32. The average Bonchev–Trinajstić information content (AvgIpc) is 2.33. The van der Waals surface area contributed by atoms with Gasteiger partial charge in [-0.25, -0.2) is 9.59 Å². The van der Waals surface area contributed by atoms with Crippen molar-refractivity contribution in [3.63, 3.8) is 0 Å². The van der Waals surface area contributed by atoms with Crippen LogP contribution in [0.4, 0.5) is 4.79 Å². The van der Waals surface area contributed by atoms with Crippen LogP contribution < -0.4 is 16.0 Å². The summed E-state index contributed by atoms with van der Waals surface area (Å²) in [5.74, 6) is -0.840. The van der Waals surface area contributed by atoms with Crippen molar-refractivity contribution in [2.75, 3.05) is 13.1 Å². The fraction of sp³-hybridized carbons (Fsp3) is 0.750. The largest absolute Gasteiger partial charge is 0.480 e. The van der Waals surface area contributed by atoms with Gasteiger partial charge in [-0.15, -0.1) is 0 Å². The van der Waals surface area contributed by atoms with Gasteiger partial charge in [0.2, 0.25) is 5.91 Å². The van der Waals surface area contributed by atoms with Crippen LogP contribution in [0.2, 0.25) is 0 Å². The van der Waals surface area contributed by atoms with Gasteiger partial charge in [0.25, 0.3) is 0 Å². The smallest absolute Gasteiger partial charge is 0.326 e. The highest BCUT2D eigenvalue weighted by molar-refractivity contribution is 5.83. The zero-order valence-electron chi connectivity index (χ0n) is 11.7. The molecule has 0 saturated carbocycles. The molecule has 0 aliphatic carbocycles. The summed E-state index contributed by atoms with van der Waals surface area (Å²) in [6.45, 7) is 6.41. The van der Waals surface area contributed by atoms with E-state index >= 15 is 0 Å². The molecule has 1 atom stereocenters. The molecule has 0 radical (unpaired) electrons. The lowest BCUT2D eigenvalue weighted by atomic mass is 10.2. The van der Waals surface area contributed by atoms with Gasteiger partial charge in [0.15, 0.2) is 0 Å².